The van der Waals surface area contributed by atoms with Crippen LogP contribution in [0.25, 0.3) is 0 Å². The van der Waals surface area contributed by atoms with Crippen LogP contribution in [0.15, 0.2) is 18.2 Å². The van der Waals surface area contributed by atoms with Crippen LogP contribution in [0.2, 0.25) is 0 Å². The van der Waals surface area contributed by atoms with Crippen molar-refractivity contribution in [1.82, 2.24) is 4.90 Å². The number of likely N-dealkylation sites (N-methyl/N-ethyl adjacent to an activating group) is 1. The molecular formula is C16H24ClNO. The molecule has 0 amide bonds. The van der Waals surface area contributed by atoms with Crippen molar-refractivity contribution < 1.29 is 5.11 Å². The van der Waals surface area contributed by atoms with Gasteiger partial charge < -0.3 is 10.0 Å². The molecule has 0 aromatic heterocycles. The van der Waals surface area contributed by atoms with E-state index in [0.29, 0.717) is 17.2 Å². The van der Waals surface area contributed by atoms with Crippen molar-refractivity contribution >= 4 is 12.4 Å². The Morgan fingerprint density at radius 3 is 2.95 bits per heavy atom. The van der Waals surface area contributed by atoms with Crippen LogP contribution in [-0.2, 0) is 11.8 Å². The molecule has 2 aliphatic rings. The van der Waals surface area contributed by atoms with Gasteiger partial charge in [-0.25, -0.2) is 0 Å². The topological polar surface area (TPSA) is 23.5 Å². The maximum absolute atomic E-state index is 9.84. The number of likely N-dealkylation sites (tertiary alicyclic amines) is 1. The first-order valence-electron chi connectivity index (χ1n) is 7.20. The van der Waals surface area contributed by atoms with Gasteiger partial charge in [0.05, 0.1) is 0 Å². The second-order valence-corrected chi connectivity index (χ2v) is 6.03. The number of nitrogens with zero attached hydrogens (tertiary/aromatic N) is 1. The average molecular weight is 282 g/mol. The smallest absolute Gasteiger partial charge is 0.115 e. The normalized spacial score (nSPS) is 29.5. The molecule has 0 bridgehead atoms. The van der Waals surface area contributed by atoms with Gasteiger partial charge in [-0.15, -0.1) is 12.4 Å². The Morgan fingerprint density at radius 2 is 2.21 bits per heavy atom. The van der Waals surface area contributed by atoms with Crippen molar-refractivity contribution in [2.75, 3.05) is 13.6 Å². The van der Waals surface area contributed by atoms with Crippen LogP contribution in [0, 0.1) is 0 Å². The molecule has 19 heavy (non-hydrogen) atoms. The summed E-state index contributed by atoms with van der Waals surface area (Å²) in [5, 5.41) is 9.84. The van der Waals surface area contributed by atoms with E-state index in [9.17, 15) is 5.11 Å². The maximum Gasteiger partial charge on any atom is 0.115 e. The van der Waals surface area contributed by atoms with Crippen LogP contribution in [0.1, 0.15) is 43.7 Å². The summed E-state index contributed by atoms with van der Waals surface area (Å²) in [5.41, 5.74) is 3.20. The molecule has 1 aromatic carbocycles. The Balaban J connectivity index is 0.00000133. The number of aromatic hydroxyl groups is 1. The summed E-state index contributed by atoms with van der Waals surface area (Å²) in [6, 6.07) is 6.69. The quantitative estimate of drug-likeness (QED) is 0.897. The van der Waals surface area contributed by atoms with Gasteiger partial charge in [0.1, 0.15) is 5.75 Å². The van der Waals surface area contributed by atoms with Crippen LogP contribution >= 0.6 is 12.4 Å². The van der Waals surface area contributed by atoms with Gasteiger partial charge in [0.25, 0.3) is 0 Å². The second-order valence-electron chi connectivity index (χ2n) is 6.03. The summed E-state index contributed by atoms with van der Waals surface area (Å²) in [7, 11) is 2.26. The molecule has 1 aromatic rings. The van der Waals surface area contributed by atoms with E-state index >= 15 is 0 Å². The van der Waals surface area contributed by atoms with Crippen molar-refractivity contribution in [2.24, 2.45) is 0 Å². The Labute approximate surface area is 122 Å². The molecule has 0 spiro atoms. The SMILES string of the molecule is CCCC12CCN(C)C1CCc1ccc(O)cc12.Cl. The fraction of sp³-hybridized carbons (Fsp3) is 0.625. The van der Waals surface area contributed by atoms with Crippen LogP contribution < -0.4 is 0 Å². The van der Waals surface area contributed by atoms with Crippen molar-refractivity contribution in [3.8, 4) is 5.75 Å². The molecule has 1 aliphatic carbocycles. The summed E-state index contributed by atoms with van der Waals surface area (Å²) >= 11 is 0. The lowest BCUT2D eigenvalue weighted by Gasteiger charge is -2.43. The summed E-state index contributed by atoms with van der Waals surface area (Å²) in [6.45, 7) is 3.47. The lowest BCUT2D eigenvalue weighted by Crippen LogP contribution is -2.44. The predicted molar refractivity (Wildman–Crippen MR) is 81.3 cm³/mol. The highest BCUT2D eigenvalue weighted by Crippen LogP contribution is 2.49. The molecule has 1 aliphatic heterocycles. The molecule has 3 heteroatoms. The zero-order valence-electron chi connectivity index (χ0n) is 11.9. The van der Waals surface area contributed by atoms with E-state index < -0.39 is 0 Å². The van der Waals surface area contributed by atoms with E-state index in [0.717, 1.165) is 6.42 Å². The molecule has 2 nitrogen and oxygen atoms in total. The fourth-order valence-electron chi connectivity index (χ4n) is 4.34. The van der Waals surface area contributed by atoms with E-state index in [1.165, 1.54) is 43.4 Å². The van der Waals surface area contributed by atoms with Gasteiger partial charge in [0, 0.05) is 11.5 Å². The first-order chi connectivity index (χ1) is 8.67. The van der Waals surface area contributed by atoms with Crippen molar-refractivity contribution in [1.29, 1.82) is 0 Å². The molecule has 3 rings (SSSR count). The Hall–Kier alpha value is -0.730. The Kier molecular flexibility index (Phi) is 4.12. The van der Waals surface area contributed by atoms with E-state index in [-0.39, 0.29) is 12.4 Å². The Morgan fingerprint density at radius 1 is 1.42 bits per heavy atom. The second kappa shape index (κ2) is 5.34. The molecule has 2 unspecified atom stereocenters. The largest absolute Gasteiger partial charge is 0.508 e. The molecule has 106 valence electrons. The zero-order chi connectivity index (χ0) is 12.8. The maximum atomic E-state index is 9.84. The van der Waals surface area contributed by atoms with E-state index in [1.54, 1.807) is 0 Å². The van der Waals surface area contributed by atoms with Gasteiger partial charge in [-0.2, -0.15) is 0 Å². The first-order valence-corrected chi connectivity index (χ1v) is 7.20. The number of aryl methyl sites for hydroxylation is 1. The predicted octanol–water partition coefficient (Wildman–Crippen LogP) is 3.50. The highest BCUT2D eigenvalue weighted by Gasteiger charge is 2.49. The number of hydrogen-bond donors (Lipinski definition) is 1. The average Bonchev–Trinajstić information content (AvgIpc) is 2.68. The van der Waals surface area contributed by atoms with Gasteiger partial charge in [-0.05, 0) is 62.5 Å². The fourth-order valence-corrected chi connectivity index (χ4v) is 4.34. The van der Waals surface area contributed by atoms with Gasteiger partial charge in [-0.3, -0.25) is 0 Å². The minimum absolute atomic E-state index is 0. The molecule has 1 N–H and O–H groups in total. The highest BCUT2D eigenvalue weighted by atomic mass is 35.5. The number of halogens is 1. The molecule has 1 saturated heterocycles. The van der Waals surface area contributed by atoms with Gasteiger partial charge in [-0.1, -0.05) is 19.4 Å². The third kappa shape index (κ3) is 2.15. The van der Waals surface area contributed by atoms with Crippen molar-refractivity contribution in [2.45, 2.75) is 50.5 Å². The Bertz CT molecular complexity index is 458. The number of fused-ring (bicyclic) bond motifs is 3. The van der Waals surface area contributed by atoms with Crippen LogP contribution in [-0.4, -0.2) is 29.6 Å². The lowest BCUT2D eigenvalue weighted by molar-refractivity contribution is 0.205. The standard InChI is InChI=1S/C16H23NO.ClH/c1-3-8-16-9-10-17(2)15(16)7-5-12-4-6-13(18)11-14(12)16;/h4,6,11,15,18H,3,5,7-10H2,1-2H3;1H. The molecule has 1 heterocycles. The van der Waals surface area contributed by atoms with E-state index in [4.69, 9.17) is 0 Å². The number of rotatable bonds is 2. The molecule has 2 atom stereocenters. The summed E-state index contributed by atoms with van der Waals surface area (Å²) < 4.78 is 0. The summed E-state index contributed by atoms with van der Waals surface area (Å²) in [4.78, 5) is 2.53. The first kappa shape index (κ1) is 14.7. The molecule has 0 saturated carbocycles. The summed E-state index contributed by atoms with van der Waals surface area (Å²) in [6.07, 6.45) is 6.15. The minimum atomic E-state index is 0. The molecule has 1 fully saturated rings. The monoisotopic (exact) mass is 281 g/mol. The van der Waals surface area contributed by atoms with Crippen LogP contribution in [0.3, 0.4) is 0 Å². The molecular weight excluding hydrogens is 258 g/mol. The van der Waals surface area contributed by atoms with Gasteiger partial charge in [0.15, 0.2) is 0 Å². The minimum Gasteiger partial charge on any atom is -0.508 e. The van der Waals surface area contributed by atoms with E-state index in [2.05, 4.69) is 24.9 Å². The number of phenols is 1. The van der Waals surface area contributed by atoms with Crippen LogP contribution in [0.5, 0.6) is 5.75 Å². The third-order valence-electron chi connectivity index (χ3n) is 5.09. The zero-order valence-corrected chi connectivity index (χ0v) is 12.7. The van der Waals surface area contributed by atoms with E-state index in [1.807, 2.05) is 12.1 Å². The highest BCUT2D eigenvalue weighted by molar-refractivity contribution is 5.85. The van der Waals surface area contributed by atoms with Gasteiger partial charge in [0.2, 0.25) is 0 Å². The number of phenolic OH excluding ortho intramolecular Hbond substituents is 1. The third-order valence-corrected chi connectivity index (χ3v) is 5.09. The van der Waals surface area contributed by atoms with Crippen molar-refractivity contribution in [3.63, 3.8) is 0 Å². The van der Waals surface area contributed by atoms with Crippen LogP contribution in [0.4, 0.5) is 0 Å². The van der Waals surface area contributed by atoms with Gasteiger partial charge >= 0.3 is 0 Å². The number of hydrogen-bond acceptors (Lipinski definition) is 2. The lowest BCUT2D eigenvalue weighted by atomic mass is 9.64. The van der Waals surface area contributed by atoms with Crippen molar-refractivity contribution in [3.05, 3.63) is 29.3 Å². The summed E-state index contributed by atoms with van der Waals surface area (Å²) in [5.74, 6) is 0.430. The number of benzene rings is 1. The molecule has 0 radical (unpaired) electrons.